The molecule has 7 heteroatoms. The van der Waals surface area contributed by atoms with E-state index in [2.05, 4.69) is 10.6 Å². The van der Waals surface area contributed by atoms with Crippen molar-refractivity contribution >= 4 is 11.8 Å². The summed E-state index contributed by atoms with van der Waals surface area (Å²) >= 11 is 0. The Bertz CT molecular complexity index is 154. The maximum absolute atomic E-state index is 10.2. The average molecular weight is 286 g/mol. The van der Waals surface area contributed by atoms with Gasteiger partial charge in [-0.25, -0.2) is 0 Å². The number of hydrogen-bond donors (Lipinski definition) is 0. The molecule has 0 unspecified atom stereocenters. The molecule has 17 heavy (non-hydrogen) atoms. The van der Waals surface area contributed by atoms with Crippen LogP contribution in [0, 0.1) is 0 Å². The SMILES string of the molecule is CC[N-]C(=O)CC.CC[N-]C(=O)CC.[F-].[F-].[Ti+4]. The van der Waals surface area contributed by atoms with E-state index in [1.54, 1.807) is 0 Å². The molecule has 0 aliphatic carbocycles. The van der Waals surface area contributed by atoms with Gasteiger partial charge >= 0.3 is 21.7 Å². The molecule has 0 radical (unpaired) electrons. The normalized spacial score (nSPS) is 6.82. The Morgan fingerprint density at radius 2 is 1.00 bits per heavy atom. The summed E-state index contributed by atoms with van der Waals surface area (Å²) in [5.74, 6) is 0.00463. The van der Waals surface area contributed by atoms with Crippen molar-refractivity contribution in [3.63, 3.8) is 0 Å². The molecule has 0 bridgehead atoms. The number of amides is 2. The second-order valence-corrected chi connectivity index (χ2v) is 2.44. The van der Waals surface area contributed by atoms with E-state index in [-0.39, 0.29) is 42.9 Å². The Hall–Kier alpha value is -0.486. The van der Waals surface area contributed by atoms with Crippen molar-refractivity contribution in [3.05, 3.63) is 10.6 Å². The fourth-order valence-corrected chi connectivity index (χ4v) is 0.576. The quantitative estimate of drug-likeness (QED) is 0.507. The molecule has 0 aromatic carbocycles. The molecule has 0 atom stereocenters. The van der Waals surface area contributed by atoms with Gasteiger partial charge in [0.1, 0.15) is 0 Å². The first-order valence-corrected chi connectivity index (χ1v) is 5.02. The Balaban J connectivity index is -0.0000000480. The van der Waals surface area contributed by atoms with Crippen molar-refractivity contribution in [2.24, 2.45) is 0 Å². The summed E-state index contributed by atoms with van der Waals surface area (Å²) in [5.41, 5.74) is 0. The van der Waals surface area contributed by atoms with Crippen LogP contribution in [0.1, 0.15) is 40.5 Å². The van der Waals surface area contributed by atoms with E-state index < -0.39 is 0 Å². The van der Waals surface area contributed by atoms with Gasteiger partial charge in [0.2, 0.25) is 0 Å². The standard InChI is InChI=1S/2C5H11NO.2FH.Ti/c2*1-3-5(7)6-4-2;;;/h2*3-4H2,1-2H3,(H,6,7);2*1H;/q;;;;+4/p-4. The van der Waals surface area contributed by atoms with Gasteiger partial charge in [-0.1, -0.05) is 27.7 Å². The second kappa shape index (κ2) is 24.7. The predicted octanol–water partition coefficient (Wildman–Crippen LogP) is -3.36. The first-order chi connectivity index (χ1) is 6.62. The summed E-state index contributed by atoms with van der Waals surface area (Å²) in [5, 5.41) is 7.21. The Kier molecular flexibility index (Phi) is 43.5. The minimum atomic E-state index is 0. The van der Waals surface area contributed by atoms with Crippen LogP contribution in [0.25, 0.3) is 10.6 Å². The molecule has 0 aromatic heterocycles. The minimum absolute atomic E-state index is 0. The van der Waals surface area contributed by atoms with Gasteiger partial charge in [0.05, 0.1) is 11.8 Å². The zero-order valence-electron chi connectivity index (χ0n) is 10.8. The van der Waals surface area contributed by atoms with E-state index in [9.17, 15) is 9.59 Å². The van der Waals surface area contributed by atoms with Crippen LogP contribution in [0.3, 0.4) is 0 Å². The molecule has 0 aromatic rings. The number of halogens is 2. The van der Waals surface area contributed by atoms with Crippen LogP contribution in [0.4, 0.5) is 0 Å². The Morgan fingerprint density at radius 3 is 1.06 bits per heavy atom. The third-order valence-electron chi connectivity index (χ3n) is 1.27. The molecule has 0 heterocycles. The molecule has 4 nitrogen and oxygen atoms in total. The van der Waals surface area contributed by atoms with Crippen molar-refractivity contribution in [3.8, 4) is 0 Å². The number of carbonyl (C=O) groups excluding carboxylic acids is 2. The maximum atomic E-state index is 10.2. The van der Waals surface area contributed by atoms with Crippen LogP contribution in [-0.4, -0.2) is 24.9 Å². The van der Waals surface area contributed by atoms with Crippen LogP contribution in [0.2, 0.25) is 0 Å². The van der Waals surface area contributed by atoms with Gasteiger partial charge < -0.3 is 29.6 Å². The van der Waals surface area contributed by atoms with Crippen molar-refractivity contribution in [2.45, 2.75) is 40.5 Å². The fraction of sp³-hybridized carbons (Fsp3) is 0.800. The van der Waals surface area contributed by atoms with Gasteiger partial charge in [-0.15, -0.1) is 13.1 Å². The summed E-state index contributed by atoms with van der Waals surface area (Å²) in [6, 6.07) is 0. The smallest absolute Gasteiger partial charge is 1.00 e. The Labute approximate surface area is 117 Å². The van der Waals surface area contributed by atoms with Crippen LogP contribution in [0.5, 0.6) is 0 Å². The van der Waals surface area contributed by atoms with Crippen LogP contribution < -0.4 is 9.41 Å². The van der Waals surface area contributed by atoms with Gasteiger partial charge in [0.25, 0.3) is 0 Å². The summed E-state index contributed by atoms with van der Waals surface area (Å²) in [7, 11) is 0. The van der Waals surface area contributed by atoms with E-state index >= 15 is 0 Å². The number of rotatable bonds is 4. The second-order valence-electron chi connectivity index (χ2n) is 2.44. The van der Waals surface area contributed by atoms with Gasteiger partial charge in [0.15, 0.2) is 0 Å². The molecule has 0 spiro atoms. The monoisotopic (exact) mass is 286 g/mol. The maximum Gasteiger partial charge on any atom is 4.00 e. The van der Waals surface area contributed by atoms with Gasteiger partial charge in [0, 0.05) is 0 Å². The van der Waals surface area contributed by atoms with Gasteiger partial charge in [-0.2, -0.15) is 0 Å². The first kappa shape index (κ1) is 30.0. The van der Waals surface area contributed by atoms with E-state index in [0.29, 0.717) is 25.9 Å². The molecule has 0 N–H and O–H groups in total. The summed E-state index contributed by atoms with van der Waals surface area (Å²) in [6.07, 6.45) is 1.07. The van der Waals surface area contributed by atoms with Crippen LogP contribution >= 0.6 is 0 Å². The van der Waals surface area contributed by atoms with E-state index in [4.69, 9.17) is 0 Å². The molecule has 0 aliphatic rings. The minimum Gasteiger partial charge on any atom is -1.00 e. The van der Waals surface area contributed by atoms with Crippen molar-refractivity contribution in [2.75, 3.05) is 13.1 Å². The van der Waals surface area contributed by atoms with Gasteiger partial charge in [-0.05, 0) is 12.8 Å². The summed E-state index contributed by atoms with van der Waals surface area (Å²) in [4.78, 5) is 20.5. The first-order valence-electron chi connectivity index (χ1n) is 5.02. The van der Waals surface area contributed by atoms with Crippen molar-refractivity contribution < 1.29 is 40.7 Å². The predicted molar refractivity (Wildman–Crippen MR) is 58.4 cm³/mol. The van der Waals surface area contributed by atoms with E-state index in [1.807, 2.05) is 27.7 Å². The molecule has 0 rings (SSSR count). The number of carbonyl (C=O) groups is 2. The number of hydrogen-bond acceptors (Lipinski definition) is 2. The topological polar surface area (TPSA) is 62.3 Å². The van der Waals surface area contributed by atoms with E-state index in [1.165, 1.54) is 0 Å². The fourth-order valence-electron chi connectivity index (χ4n) is 0.576. The molecular formula is C10H20F2N2O2Ti. The third-order valence-corrected chi connectivity index (χ3v) is 1.27. The van der Waals surface area contributed by atoms with Crippen LogP contribution in [-0.2, 0) is 31.3 Å². The third kappa shape index (κ3) is 31.3. The van der Waals surface area contributed by atoms with Gasteiger partial charge in [-0.3, -0.25) is 0 Å². The largest absolute Gasteiger partial charge is 4.00 e. The molecule has 2 amide bonds. The van der Waals surface area contributed by atoms with Crippen molar-refractivity contribution in [1.82, 2.24) is 0 Å². The zero-order chi connectivity index (χ0) is 11.4. The van der Waals surface area contributed by atoms with Crippen LogP contribution in [0.15, 0.2) is 0 Å². The molecular weight excluding hydrogens is 266 g/mol. The Morgan fingerprint density at radius 1 is 0.765 bits per heavy atom. The molecule has 0 saturated heterocycles. The molecule has 0 saturated carbocycles. The van der Waals surface area contributed by atoms with E-state index in [0.717, 1.165) is 0 Å². The number of nitrogens with zero attached hydrogens (tertiary/aromatic N) is 2. The average Bonchev–Trinajstić information content (AvgIpc) is 2.19. The molecule has 100 valence electrons. The summed E-state index contributed by atoms with van der Waals surface area (Å²) < 4.78 is 0. The zero-order valence-corrected chi connectivity index (χ0v) is 12.4. The molecule has 0 fully saturated rings. The summed E-state index contributed by atoms with van der Waals surface area (Å²) in [6.45, 7) is 8.56. The molecule has 0 aliphatic heterocycles. The van der Waals surface area contributed by atoms with Crippen molar-refractivity contribution in [1.29, 1.82) is 0 Å².